The zero-order valence-corrected chi connectivity index (χ0v) is 18.7. The Morgan fingerprint density at radius 1 is 1.23 bits per heavy atom. The number of nitrogens with one attached hydrogen (secondary N) is 2. The number of rotatable bonds is 6. The first-order valence-corrected chi connectivity index (χ1v) is 11.5. The standard InChI is InChI=1S/C22H20BrN5OS/c1-13(21(29)25-15-6-4-5-14(23)11-15)30-22-27-26-20(28(22)16-9-10-16)18-12-24-19-8-3-2-7-17(18)19/h2-8,11-13,16,24H,9-10H2,1H3,(H,25,29)/t13-/m0/s1. The van der Waals surface area contributed by atoms with Crippen LogP contribution in [0.15, 0.2) is 64.4 Å². The van der Waals surface area contributed by atoms with E-state index in [0.717, 1.165) is 50.4 Å². The SMILES string of the molecule is C[C@H](Sc1nnc(-c2c[nH]c3ccccc23)n1C1CC1)C(=O)Nc1cccc(Br)c1. The van der Waals surface area contributed by atoms with Crippen molar-refractivity contribution in [1.29, 1.82) is 0 Å². The smallest absolute Gasteiger partial charge is 0.237 e. The number of benzene rings is 2. The number of nitrogens with zero attached hydrogens (tertiary/aromatic N) is 3. The number of carbonyl (C=O) groups is 1. The molecule has 4 aromatic rings. The van der Waals surface area contributed by atoms with E-state index >= 15 is 0 Å². The van der Waals surface area contributed by atoms with Crippen LogP contribution in [0.5, 0.6) is 0 Å². The lowest BCUT2D eigenvalue weighted by atomic mass is 10.1. The van der Waals surface area contributed by atoms with Gasteiger partial charge >= 0.3 is 0 Å². The molecule has 0 radical (unpaired) electrons. The molecule has 1 amide bonds. The van der Waals surface area contributed by atoms with E-state index in [9.17, 15) is 4.79 Å². The molecule has 2 N–H and O–H groups in total. The minimum atomic E-state index is -0.304. The summed E-state index contributed by atoms with van der Waals surface area (Å²) >= 11 is 4.88. The number of aromatic nitrogens is 4. The molecular weight excluding hydrogens is 462 g/mol. The highest BCUT2D eigenvalue weighted by Gasteiger charge is 2.32. The molecule has 0 saturated heterocycles. The van der Waals surface area contributed by atoms with Crippen LogP contribution in [0.4, 0.5) is 5.69 Å². The highest BCUT2D eigenvalue weighted by molar-refractivity contribution is 9.10. The summed E-state index contributed by atoms with van der Waals surface area (Å²) in [5, 5.41) is 13.6. The molecule has 6 nitrogen and oxygen atoms in total. The second-order valence-corrected chi connectivity index (χ2v) is 9.64. The highest BCUT2D eigenvalue weighted by atomic mass is 79.9. The van der Waals surface area contributed by atoms with Crippen molar-refractivity contribution >= 4 is 50.2 Å². The molecule has 152 valence electrons. The molecule has 1 saturated carbocycles. The number of hydrogen-bond acceptors (Lipinski definition) is 4. The maximum atomic E-state index is 12.7. The molecule has 2 aromatic heterocycles. The summed E-state index contributed by atoms with van der Waals surface area (Å²) in [7, 11) is 0. The molecule has 0 unspecified atom stereocenters. The van der Waals surface area contributed by atoms with Crippen LogP contribution in [0.25, 0.3) is 22.3 Å². The van der Waals surface area contributed by atoms with Gasteiger partial charge in [-0.1, -0.05) is 52.0 Å². The van der Waals surface area contributed by atoms with Crippen LogP contribution in [0.3, 0.4) is 0 Å². The van der Waals surface area contributed by atoms with E-state index in [1.807, 2.05) is 49.5 Å². The topological polar surface area (TPSA) is 75.6 Å². The summed E-state index contributed by atoms with van der Waals surface area (Å²) in [5.41, 5.74) is 2.89. The number of thioether (sulfide) groups is 1. The maximum absolute atomic E-state index is 12.7. The van der Waals surface area contributed by atoms with Crippen LogP contribution in [-0.2, 0) is 4.79 Å². The van der Waals surface area contributed by atoms with Gasteiger partial charge in [-0.3, -0.25) is 9.36 Å². The lowest BCUT2D eigenvalue weighted by molar-refractivity contribution is -0.115. The Morgan fingerprint density at radius 2 is 2.07 bits per heavy atom. The van der Waals surface area contributed by atoms with Crippen LogP contribution < -0.4 is 5.32 Å². The summed E-state index contributed by atoms with van der Waals surface area (Å²) in [6.45, 7) is 1.90. The largest absolute Gasteiger partial charge is 0.360 e. The monoisotopic (exact) mass is 481 g/mol. The van der Waals surface area contributed by atoms with E-state index in [-0.39, 0.29) is 11.2 Å². The van der Waals surface area contributed by atoms with Gasteiger partial charge in [0.05, 0.1) is 5.25 Å². The molecule has 1 aliphatic carbocycles. The first kappa shape index (κ1) is 19.4. The number of fused-ring (bicyclic) bond motifs is 1. The van der Waals surface area contributed by atoms with Crippen molar-refractivity contribution in [2.24, 2.45) is 0 Å². The molecule has 2 aromatic carbocycles. The van der Waals surface area contributed by atoms with Crippen LogP contribution in [-0.4, -0.2) is 30.9 Å². The van der Waals surface area contributed by atoms with E-state index < -0.39 is 0 Å². The number of aromatic amines is 1. The fraction of sp³-hybridized carbons (Fsp3) is 0.227. The van der Waals surface area contributed by atoms with Crippen LogP contribution >= 0.6 is 27.7 Å². The third-order valence-electron chi connectivity index (χ3n) is 5.15. The van der Waals surface area contributed by atoms with Gasteiger partial charge in [0, 0.05) is 38.9 Å². The normalized spacial score (nSPS) is 14.7. The Hall–Kier alpha value is -2.58. The minimum Gasteiger partial charge on any atom is -0.360 e. The first-order chi connectivity index (χ1) is 14.6. The van der Waals surface area contributed by atoms with Crippen molar-refractivity contribution in [2.75, 3.05) is 5.32 Å². The van der Waals surface area contributed by atoms with Crippen molar-refractivity contribution in [3.8, 4) is 11.4 Å². The molecule has 1 aliphatic rings. The summed E-state index contributed by atoms with van der Waals surface area (Å²) in [6.07, 6.45) is 4.21. The fourth-order valence-electron chi connectivity index (χ4n) is 3.48. The number of anilines is 1. The summed E-state index contributed by atoms with van der Waals surface area (Å²) in [6, 6.07) is 16.2. The van der Waals surface area contributed by atoms with Gasteiger partial charge in [-0.2, -0.15) is 0 Å². The van der Waals surface area contributed by atoms with Gasteiger partial charge in [0.2, 0.25) is 5.91 Å². The maximum Gasteiger partial charge on any atom is 0.237 e. The molecular formula is C22H20BrN5OS. The Bertz CT molecular complexity index is 1230. The highest BCUT2D eigenvalue weighted by Crippen LogP contribution is 2.42. The van der Waals surface area contributed by atoms with Gasteiger partial charge in [-0.05, 0) is 44.0 Å². The molecule has 1 atom stereocenters. The van der Waals surface area contributed by atoms with Gasteiger partial charge in [-0.25, -0.2) is 0 Å². The summed E-state index contributed by atoms with van der Waals surface area (Å²) < 4.78 is 3.13. The number of halogens is 1. The first-order valence-electron chi connectivity index (χ1n) is 9.84. The van der Waals surface area contributed by atoms with E-state index in [1.165, 1.54) is 11.8 Å². The molecule has 2 heterocycles. The number of para-hydroxylation sites is 1. The van der Waals surface area contributed by atoms with Crippen molar-refractivity contribution in [1.82, 2.24) is 19.7 Å². The molecule has 0 spiro atoms. The molecule has 5 rings (SSSR count). The molecule has 0 bridgehead atoms. The van der Waals surface area contributed by atoms with Gasteiger partial charge in [0.15, 0.2) is 11.0 Å². The minimum absolute atomic E-state index is 0.0582. The summed E-state index contributed by atoms with van der Waals surface area (Å²) in [4.78, 5) is 16.0. The zero-order valence-electron chi connectivity index (χ0n) is 16.3. The zero-order chi connectivity index (χ0) is 20.7. The van der Waals surface area contributed by atoms with E-state index in [1.54, 1.807) is 0 Å². The average molecular weight is 482 g/mol. The van der Waals surface area contributed by atoms with Crippen molar-refractivity contribution in [2.45, 2.75) is 36.2 Å². The Labute approximate surface area is 186 Å². The Kier molecular flexibility index (Phi) is 5.12. The predicted molar refractivity (Wildman–Crippen MR) is 124 cm³/mol. The lowest BCUT2D eigenvalue weighted by Gasteiger charge is -2.13. The number of carbonyl (C=O) groups excluding carboxylic acids is 1. The Balaban J connectivity index is 1.41. The third-order valence-corrected chi connectivity index (χ3v) is 6.70. The van der Waals surface area contributed by atoms with Crippen LogP contribution in [0.1, 0.15) is 25.8 Å². The second kappa shape index (κ2) is 7.92. The van der Waals surface area contributed by atoms with Gasteiger partial charge in [0.1, 0.15) is 0 Å². The van der Waals surface area contributed by atoms with Crippen LogP contribution in [0.2, 0.25) is 0 Å². The summed E-state index contributed by atoms with van der Waals surface area (Å²) in [5.74, 6) is 0.800. The molecule has 30 heavy (non-hydrogen) atoms. The van der Waals surface area contributed by atoms with Crippen LogP contribution in [0, 0.1) is 0 Å². The van der Waals surface area contributed by atoms with E-state index in [4.69, 9.17) is 0 Å². The Morgan fingerprint density at radius 3 is 2.87 bits per heavy atom. The number of hydrogen-bond donors (Lipinski definition) is 2. The van der Waals surface area contributed by atoms with Gasteiger partial charge in [-0.15, -0.1) is 10.2 Å². The third kappa shape index (κ3) is 3.77. The molecule has 0 aliphatic heterocycles. The van der Waals surface area contributed by atoms with Crippen molar-refractivity contribution in [3.63, 3.8) is 0 Å². The number of H-pyrrole nitrogens is 1. The second-order valence-electron chi connectivity index (χ2n) is 7.41. The number of amides is 1. The van der Waals surface area contributed by atoms with E-state index in [0.29, 0.717) is 6.04 Å². The average Bonchev–Trinajstić information content (AvgIpc) is 3.35. The molecule has 1 fully saturated rings. The van der Waals surface area contributed by atoms with Crippen molar-refractivity contribution < 1.29 is 4.79 Å². The van der Waals surface area contributed by atoms with Gasteiger partial charge in [0.25, 0.3) is 0 Å². The quantitative estimate of drug-likeness (QED) is 0.349. The fourth-order valence-corrected chi connectivity index (χ4v) is 4.80. The molecule has 8 heteroatoms. The van der Waals surface area contributed by atoms with Gasteiger partial charge < -0.3 is 10.3 Å². The van der Waals surface area contributed by atoms with Crippen molar-refractivity contribution in [3.05, 3.63) is 59.2 Å². The predicted octanol–water partition coefficient (Wildman–Crippen LogP) is 5.64. The lowest BCUT2D eigenvalue weighted by Crippen LogP contribution is -2.22. The van der Waals surface area contributed by atoms with E-state index in [2.05, 4.69) is 53.1 Å².